The molecule has 164 valence electrons. The number of rotatable bonds is 8. The van der Waals surface area contributed by atoms with Gasteiger partial charge in [-0.2, -0.15) is 5.10 Å². The van der Waals surface area contributed by atoms with Crippen LogP contribution in [0.3, 0.4) is 0 Å². The van der Waals surface area contributed by atoms with Gasteiger partial charge in [-0.05, 0) is 42.0 Å². The molecule has 8 heteroatoms. The van der Waals surface area contributed by atoms with Gasteiger partial charge in [0.2, 0.25) is 0 Å². The number of hydrogen-bond donors (Lipinski definition) is 2. The highest BCUT2D eigenvalue weighted by Gasteiger charge is 2.19. The number of methoxy groups -OCH3 is 3. The van der Waals surface area contributed by atoms with Crippen molar-refractivity contribution in [1.29, 1.82) is 0 Å². The second-order valence-corrected chi connectivity index (χ2v) is 6.94. The number of ether oxygens (including phenoxy) is 3. The van der Waals surface area contributed by atoms with E-state index in [2.05, 4.69) is 15.5 Å². The molecule has 8 nitrogen and oxygen atoms in total. The summed E-state index contributed by atoms with van der Waals surface area (Å²) in [5, 5.41) is 11.0. The second-order valence-electron chi connectivity index (χ2n) is 6.94. The van der Waals surface area contributed by atoms with E-state index >= 15 is 0 Å². The fourth-order valence-corrected chi connectivity index (χ4v) is 3.42. The third kappa shape index (κ3) is 4.15. The first-order valence-electron chi connectivity index (χ1n) is 9.89. The van der Waals surface area contributed by atoms with Crippen LogP contribution in [0.25, 0.3) is 23.1 Å². The fourth-order valence-electron chi connectivity index (χ4n) is 3.42. The van der Waals surface area contributed by atoms with E-state index in [9.17, 15) is 4.79 Å². The second kappa shape index (κ2) is 9.30. The van der Waals surface area contributed by atoms with Crippen molar-refractivity contribution in [3.8, 4) is 17.2 Å². The number of hydrogen-bond acceptors (Lipinski definition) is 6. The number of aromatic nitrogens is 2. The van der Waals surface area contributed by atoms with Gasteiger partial charge in [0.05, 0.1) is 56.0 Å². The number of fused-ring (bicyclic) bond motifs is 1. The van der Waals surface area contributed by atoms with E-state index in [1.165, 1.54) is 7.11 Å². The van der Waals surface area contributed by atoms with E-state index in [1.807, 2.05) is 36.4 Å². The highest BCUT2D eigenvalue weighted by atomic mass is 16.5. The van der Waals surface area contributed by atoms with Gasteiger partial charge in [0.1, 0.15) is 5.75 Å². The zero-order valence-electron chi connectivity index (χ0n) is 18.0. The number of nitrogens with zero attached hydrogens (tertiary/aromatic N) is 1. The molecule has 0 aliphatic carbocycles. The predicted octanol–water partition coefficient (Wildman–Crippen LogP) is 4.28. The van der Waals surface area contributed by atoms with Crippen molar-refractivity contribution in [2.45, 2.75) is 6.54 Å². The van der Waals surface area contributed by atoms with Gasteiger partial charge < -0.3 is 23.9 Å². The summed E-state index contributed by atoms with van der Waals surface area (Å²) in [6, 6.07) is 10.9. The number of benzene rings is 2. The summed E-state index contributed by atoms with van der Waals surface area (Å²) in [4.78, 5) is 12.8. The minimum absolute atomic E-state index is 0.249. The van der Waals surface area contributed by atoms with Crippen molar-refractivity contribution in [3.05, 3.63) is 71.3 Å². The minimum Gasteiger partial charge on any atom is -0.495 e. The van der Waals surface area contributed by atoms with Gasteiger partial charge in [0.15, 0.2) is 11.5 Å². The van der Waals surface area contributed by atoms with Crippen LogP contribution in [-0.4, -0.2) is 37.4 Å². The number of H-pyrrole nitrogens is 1. The summed E-state index contributed by atoms with van der Waals surface area (Å²) < 4.78 is 21.3. The SMILES string of the molecule is COc1ccc(/C=C/c2n[nH]c3ccc(C(=O)NCc4ccoc4)c(OC)c23)cc1OC. The molecule has 0 bridgehead atoms. The van der Waals surface area contributed by atoms with Crippen LogP contribution in [0, 0.1) is 0 Å². The minimum atomic E-state index is -0.249. The Bertz CT molecular complexity index is 1260. The smallest absolute Gasteiger partial charge is 0.255 e. The molecule has 2 heterocycles. The third-order valence-corrected chi connectivity index (χ3v) is 5.03. The zero-order valence-corrected chi connectivity index (χ0v) is 18.0. The molecule has 0 fully saturated rings. The Hall–Kier alpha value is -4.20. The van der Waals surface area contributed by atoms with E-state index in [0.29, 0.717) is 35.1 Å². The fraction of sp³-hybridized carbons (Fsp3) is 0.167. The van der Waals surface area contributed by atoms with E-state index in [-0.39, 0.29) is 5.91 Å². The number of carbonyl (C=O) groups is 1. The molecule has 2 aromatic heterocycles. The maximum atomic E-state index is 12.8. The van der Waals surface area contributed by atoms with Crippen molar-refractivity contribution in [1.82, 2.24) is 15.5 Å². The molecule has 0 saturated carbocycles. The topological polar surface area (TPSA) is 98.6 Å². The molecule has 1 amide bonds. The molecular weight excluding hydrogens is 410 g/mol. The lowest BCUT2D eigenvalue weighted by Crippen LogP contribution is -2.23. The standard InChI is InChI=1S/C24H23N3O5/c1-29-20-9-5-15(12-21(20)30-2)4-7-18-22-19(27-26-18)8-6-17(23(22)31-3)24(28)25-13-16-10-11-32-14-16/h4-12,14H,13H2,1-3H3,(H,25,28)(H,26,27)/b7-4+. The van der Waals surface area contributed by atoms with Crippen LogP contribution in [0.15, 0.2) is 53.3 Å². The monoisotopic (exact) mass is 433 g/mol. The first kappa shape index (κ1) is 21.0. The van der Waals surface area contributed by atoms with Crippen molar-refractivity contribution < 1.29 is 23.4 Å². The summed E-state index contributed by atoms with van der Waals surface area (Å²) in [5.74, 6) is 1.49. The largest absolute Gasteiger partial charge is 0.495 e. The molecular formula is C24H23N3O5. The number of nitrogens with one attached hydrogen (secondary N) is 2. The van der Waals surface area contributed by atoms with Crippen molar-refractivity contribution in [3.63, 3.8) is 0 Å². The van der Waals surface area contributed by atoms with Gasteiger partial charge in [-0.15, -0.1) is 0 Å². The Kier molecular flexibility index (Phi) is 6.12. The van der Waals surface area contributed by atoms with Crippen LogP contribution in [-0.2, 0) is 6.54 Å². The Balaban J connectivity index is 1.65. The molecule has 0 unspecified atom stereocenters. The van der Waals surface area contributed by atoms with Gasteiger partial charge in [0, 0.05) is 12.1 Å². The molecule has 4 aromatic rings. The molecule has 32 heavy (non-hydrogen) atoms. The quantitative estimate of drug-likeness (QED) is 0.430. The Morgan fingerprint density at radius 1 is 1.06 bits per heavy atom. The van der Waals surface area contributed by atoms with Crippen LogP contribution in [0.4, 0.5) is 0 Å². The number of amides is 1. The first-order chi connectivity index (χ1) is 15.6. The van der Waals surface area contributed by atoms with Crippen molar-refractivity contribution >= 4 is 29.0 Å². The van der Waals surface area contributed by atoms with Gasteiger partial charge >= 0.3 is 0 Å². The average molecular weight is 433 g/mol. The Morgan fingerprint density at radius 2 is 1.91 bits per heavy atom. The van der Waals surface area contributed by atoms with Gasteiger partial charge in [-0.1, -0.05) is 12.1 Å². The van der Waals surface area contributed by atoms with Crippen LogP contribution < -0.4 is 19.5 Å². The summed E-state index contributed by atoms with van der Waals surface area (Å²) in [6.45, 7) is 0.355. The van der Waals surface area contributed by atoms with Gasteiger partial charge in [-0.3, -0.25) is 9.89 Å². The van der Waals surface area contributed by atoms with E-state index < -0.39 is 0 Å². The maximum Gasteiger partial charge on any atom is 0.255 e. The molecule has 2 aromatic carbocycles. The van der Waals surface area contributed by atoms with E-state index in [1.54, 1.807) is 38.9 Å². The predicted molar refractivity (Wildman–Crippen MR) is 121 cm³/mol. The lowest BCUT2D eigenvalue weighted by atomic mass is 10.1. The maximum absolute atomic E-state index is 12.8. The summed E-state index contributed by atoms with van der Waals surface area (Å²) >= 11 is 0. The van der Waals surface area contributed by atoms with E-state index in [0.717, 1.165) is 22.0 Å². The zero-order chi connectivity index (χ0) is 22.5. The molecule has 0 atom stereocenters. The summed E-state index contributed by atoms with van der Waals surface area (Å²) in [5.41, 5.74) is 3.62. The summed E-state index contributed by atoms with van der Waals surface area (Å²) in [7, 11) is 4.73. The highest BCUT2D eigenvalue weighted by Crippen LogP contribution is 2.33. The Labute approximate surface area is 184 Å². The van der Waals surface area contributed by atoms with Crippen LogP contribution >= 0.6 is 0 Å². The number of furan rings is 1. The lowest BCUT2D eigenvalue weighted by Gasteiger charge is -2.10. The van der Waals surface area contributed by atoms with Crippen LogP contribution in [0.1, 0.15) is 27.2 Å². The molecule has 0 aliphatic rings. The summed E-state index contributed by atoms with van der Waals surface area (Å²) in [6.07, 6.45) is 6.92. The third-order valence-electron chi connectivity index (χ3n) is 5.03. The van der Waals surface area contributed by atoms with Crippen molar-refractivity contribution in [2.75, 3.05) is 21.3 Å². The van der Waals surface area contributed by atoms with Gasteiger partial charge in [-0.25, -0.2) is 0 Å². The molecule has 2 N–H and O–H groups in total. The number of aromatic amines is 1. The molecule has 0 spiro atoms. The Morgan fingerprint density at radius 3 is 2.62 bits per heavy atom. The van der Waals surface area contributed by atoms with Crippen molar-refractivity contribution in [2.24, 2.45) is 0 Å². The van der Waals surface area contributed by atoms with E-state index in [4.69, 9.17) is 18.6 Å². The first-order valence-corrected chi connectivity index (χ1v) is 9.89. The molecule has 0 saturated heterocycles. The van der Waals surface area contributed by atoms with Crippen LogP contribution in [0.5, 0.6) is 17.2 Å². The van der Waals surface area contributed by atoms with Gasteiger partial charge in [0.25, 0.3) is 5.91 Å². The normalized spacial score (nSPS) is 11.1. The molecule has 0 radical (unpaired) electrons. The van der Waals surface area contributed by atoms with Crippen LogP contribution in [0.2, 0.25) is 0 Å². The lowest BCUT2D eigenvalue weighted by molar-refractivity contribution is 0.0948. The highest BCUT2D eigenvalue weighted by molar-refractivity contribution is 6.05. The molecule has 0 aliphatic heterocycles. The average Bonchev–Trinajstić information content (AvgIpc) is 3.50. The number of carbonyl (C=O) groups excluding carboxylic acids is 1. The molecule has 4 rings (SSSR count).